The van der Waals surface area contributed by atoms with Gasteiger partial charge in [-0.2, -0.15) is 0 Å². The Balaban J connectivity index is 0.00000138. The molecule has 15 nitrogen and oxygen atoms in total. The summed E-state index contributed by atoms with van der Waals surface area (Å²) in [7, 11) is 6.32. The summed E-state index contributed by atoms with van der Waals surface area (Å²) < 4.78 is 50.8. The Hall–Kier alpha value is -8.71. The second-order valence-corrected chi connectivity index (χ2v) is 41.0. The first-order chi connectivity index (χ1) is 56.0. The van der Waals surface area contributed by atoms with Crippen molar-refractivity contribution < 1.29 is 66.0 Å². The number of hydrogen-bond donors (Lipinski definition) is 2. The van der Waals surface area contributed by atoms with Gasteiger partial charge < -0.3 is 34.3 Å². The van der Waals surface area contributed by atoms with Gasteiger partial charge in [-0.1, -0.05) is 256 Å². The van der Waals surface area contributed by atoms with Gasteiger partial charge in [-0.15, -0.1) is 0 Å². The molecule has 7 aromatic carbocycles. The summed E-state index contributed by atoms with van der Waals surface area (Å²) in [6, 6.07) is 45.6. The first kappa shape index (κ1) is 114. The number of anilines is 2. The average Bonchev–Trinajstić information content (AvgIpc) is 0.864. The van der Waals surface area contributed by atoms with E-state index in [1.165, 1.54) is 42.0 Å². The maximum atomic E-state index is 12.6. The quantitative estimate of drug-likeness (QED) is 0.0508. The molecule has 0 unspecified atom stereocenters. The number of rotatable bonds is 21. The summed E-state index contributed by atoms with van der Waals surface area (Å²) in [5.74, 6) is 3.30. The van der Waals surface area contributed by atoms with E-state index >= 15 is 0 Å². The highest BCUT2D eigenvalue weighted by atomic mass is 35.5. The fourth-order valence-corrected chi connectivity index (χ4v) is 12.0. The largest absolute Gasteiger partial charge is 0.497 e. The topological polar surface area (TPSA) is 203 Å². The van der Waals surface area contributed by atoms with Crippen LogP contribution in [0.25, 0.3) is 0 Å². The molecule has 0 aliphatic carbocycles. The molecule has 1 heterocycles. The Kier molecular flexibility index (Phi) is 49.2. The Bertz CT molecular complexity index is 4590. The number of halogens is 7. The number of para-hydroxylation sites is 1. The molecule has 22 heteroatoms. The first-order valence-corrected chi connectivity index (χ1v) is 42.3. The number of aromatic nitrogens is 1. The van der Waals surface area contributed by atoms with Crippen molar-refractivity contribution in [3.8, 4) is 28.7 Å². The summed E-state index contributed by atoms with van der Waals surface area (Å²) in [5.41, 5.74) is 5.86. The highest BCUT2D eigenvalue weighted by molar-refractivity contribution is 6.33. The number of nitrogens with zero attached hydrogens (tertiary/aromatic N) is 1. The van der Waals surface area contributed by atoms with Crippen LogP contribution < -0.4 is 34.3 Å². The maximum Gasteiger partial charge on any atom is 0.224 e. The molecule has 0 atom stereocenters. The fourth-order valence-electron chi connectivity index (χ4n) is 10.9. The lowest BCUT2D eigenvalue weighted by Gasteiger charge is -2.18. The van der Waals surface area contributed by atoms with Crippen molar-refractivity contribution in [3.63, 3.8) is 0 Å². The molecule has 0 aliphatic rings. The number of amides is 2. The first-order valence-electron chi connectivity index (χ1n) is 40.4. The lowest BCUT2D eigenvalue weighted by molar-refractivity contribution is -0.118. The van der Waals surface area contributed by atoms with E-state index in [2.05, 4.69) is 77.9 Å². The van der Waals surface area contributed by atoms with Crippen LogP contribution in [0.1, 0.15) is 283 Å². The average molecular weight is 1800 g/mol. The van der Waals surface area contributed by atoms with E-state index in [0.29, 0.717) is 123 Å². The highest BCUT2D eigenvalue weighted by Crippen LogP contribution is 2.34. The molecule has 0 spiro atoms. The smallest absolute Gasteiger partial charge is 0.224 e. The second-order valence-electron chi connectivity index (χ2n) is 38.9. The van der Waals surface area contributed by atoms with Crippen LogP contribution in [0, 0.1) is 55.0 Å². The molecular formula is C101H138Cl5F2N3O12. The van der Waals surface area contributed by atoms with Gasteiger partial charge in [0.2, 0.25) is 11.8 Å². The third-order valence-corrected chi connectivity index (χ3v) is 17.2. The predicted octanol–water partition coefficient (Wildman–Crippen LogP) is 29.9. The van der Waals surface area contributed by atoms with Crippen LogP contribution >= 0.6 is 58.0 Å². The standard InChI is InChI=1S/C14H19ClO2.C13H18ClNO2.C13H17ClO2.2C13H18O2.C12H15FO.C11H14Cl2N2O.C11H15F.CH4/c1-5-17-13-7-6-10(8-11(13)15)12(16)9-14(2,3)4;1-13(2,3)8-12(16)15-10-7-9(14)5-6-11(10)17-4;1-13(2,3)8-11(15)9-5-6-12(16-4)10(14)7-9;1-13(2,3)9-12(14)10-5-7-11(15-4)8-6-10;1-13(2,3)9-11(14)10-7-5-6-8-12(10)15-4;1-12(2,3)8-11(14)9-4-6-10(13)7-5-9;1-11(2,3)6-10(16)14-7-4-8(12)15-9(13)5-7;1-11(2,3)8-9-4-6-10(12)7-5-9;/h6-8H,5,9H2,1-4H3;5-7H,8H2,1-4H3,(H,15,16);5-7H,8H2,1-4H3;2*5-8H,9H2,1-4H3;4-7H,8H2,1-3H3;4-5H,6H2,1-3H3,(H,14,15,16);4-7H,8H2,1-3H3;1H4. The Morgan fingerprint density at radius 2 is 0.691 bits per heavy atom. The van der Waals surface area contributed by atoms with Crippen LogP contribution in [0.15, 0.2) is 164 Å². The van der Waals surface area contributed by atoms with Crippen LogP contribution in [0.3, 0.4) is 0 Å². The number of ketones is 5. The summed E-state index contributed by atoms with van der Waals surface area (Å²) in [4.78, 5) is 86.5. The van der Waals surface area contributed by atoms with Crippen molar-refractivity contribution >= 4 is 110 Å². The zero-order valence-electron chi connectivity index (χ0n) is 77.4. The van der Waals surface area contributed by atoms with Crippen LogP contribution in [-0.2, 0) is 16.0 Å². The minimum Gasteiger partial charge on any atom is -0.497 e. The van der Waals surface area contributed by atoms with E-state index in [1.54, 1.807) is 95.2 Å². The highest BCUT2D eigenvalue weighted by Gasteiger charge is 2.25. The van der Waals surface area contributed by atoms with E-state index in [1.807, 2.05) is 171 Å². The number of carbonyl (C=O) groups excluding carboxylic acids is 7. The van der Waals surface area contributed by atoms with Crippen LogP contribution in [-0.4, -0.2) is 80.8 Å². The Morgan fingerprint density at radius 3 is 1.06 bits per heavy atom. The SMILES string of the molecule is C.CC(C)(C)CC(=O)Nc1cc(Cl)nc(Cl)c1.CC(C)(C)CC(=O)c1ccc(F)cc1.CC(C)(C)Cc1ccc(F)cc1.CCOc1ccc(C(=O)CC(C)(C)C)cc1Cl.COc1ccc(C(=O)CC(C)(C)C)cc1.COc1ccc(C(=O)CC(C)(C)C)cc1Cl.COc1ccc(Cl)cc1NC(=O)CC(C)(C)C.COc1ccccc1C(=O)CC(C)(C)C. The molecule has 8 aromatic rings. The molecule has 0 aliphatic heterocycles. The van der Waals surface area contributed by atoms with Crippen LogP contribution in [0.5, 0.6) is 28.7 Å². The molecule has 0 fully saturated rings. The monoisotopic (exact) mass is 1800 g/mol. The Labute approximate surface area is 759 Å². The van der Waals surface area contributed by atoms with Gasteiger partial charge in [0, 0.05) is 77.9 Å². The van der Waals surface area contributed by atoms with Gasteiger partial charge in [0.25, 0.3) is 0 Å². The number of hydrogen-bond acceptors (Lipinski definition) is 13. The van der Waals surface area contributed by atoms with Gasteiger partial charge in [-0.05, 0) is 202 Å². The molecule has 678 valence electrons. The van der Waals surface area contributed by atoms with E-state index in [9.17, 15) is 42.3 Å². The number of methoxy groups -OCH3 is 4. The van der Waals surface area contributed by atoms with Crippen LogP contribution in [0.4, 0.5) is 20.2 Å². The van der Waals surface area contributed by atoms with Gasteiger partial charge >= 0.3 is 0 Å². The number of ether oxygens (including phenoxy) is 5. The molecule has 0 saturated carbocycles. The summed E-state index contributed by atoms with van der Waals surface area (Å²) in [6.45, 7) is 51.7. The Morgan fingerprint density at radius 1 is 0.350 bits per heavy atom. The number of nitrogens with one attached hydrogen (secondary N) is 2. The summed E-state index contributed by atoms with van der Waals surface area (Å²) >= 11 is 29.3. The van der Waals surface area contributed by atoms with Gasteiger partial charge in [0.1, 0.15) is 50.7 Å². The number of Topliss-reactive ketones (excluding diaryl/α,β-unsaturated/α-hetero) is 5. The molecule has 8 rings (SSSR count). The lowest BCUT2D eigenvalue weighted by Crippen LogP contribution is -2.19. The van der Waals surface area contributed by atoms with Gasteiger partial charge in [-0.25, -0.2) is 13.8 Å². The summed E-state index contributed by atoms with van der Waals surface area (Å²) in [5, 5.41) is 7.60. The van der Waals surface area contributed by atoms with E-state index in [0.717, 1.165) is 17.7 Å². The van der Waals surface area contributed by atoms with Crippen molar-refractivity contribution in [1.82, 2.24) is 4.98 Å². The molecular weight excluding hydrogens is 1660 g/mol. The normalized spacial score (nSPS) is 11.2. The van der Waals surface area contributed by atoms with Crippen molar-refractivity contribution in [1.29, 1.82) is 0 Å². The number of pyridine rings is 1. The molecule has 1 aromatic heterocycles. The predicted molar refractivity (Wildman–Crippen MR) is 509 cm³/mol. The van der Waals surface area contributed by atoms with Gasteiger partial charge in [0.15, 0.2) is 28.9 Å². The molecule has 0 saturated heterocycles. The van der Waals surface area contributed by atoms with Gasteiger partial charge in [-0.3, -0.25) is 33.6 Å². The van der Waals surface area contributed by atoms with Crippen LogP contribution in [0.2, 0.25) is 25.4 Å². The second kappa shape index (κ2) is 52.9. The van der Waals surface area contributed by atoms with Crippen molar-refractivity contribution in [2.24, 2.45) is 43.3 Å². The summed E-state index contributed by atoms with van der Waals surface area (Å²) in [6.07, 6.45) is 4.48. The third-order valence-electron chi connectivity index (χ3n) is 16.0. The third kappa shape index (κ3) is 53.3. The van der Waals surface area contributed by atoms with E-state index in [4.69, 9.17) is 81.7 Å². The van der Waals surface area contributed by atoms with E-state index < -0.39 is 0 Å². The lowest BCUT2D eigenvalue weighted by atomic mass is 9.87. The maximum absolute atomic E-state index is 12.6. The minimum absolute atomic E-state index is 0. The molecule has 2 N–H and O–H groups in total. The minimum atomic E-state index is -0.308. The van der Waals surface area contributed by atoms with Gasteiger partial charge in [0.05, 0.1) is 56.3 Å². The number of carbonyl (C=O) groups is 7. The zero-order valence-corrected chi connectivity index (χ0v) is 81.2. The molecule has 2 amide bonds. The molecule has 0 bridgehead atoms. The van der Waals surface area contributed by atoms with Crippen molar-refractivity contribution in [3.05, 3.63) is 234 Å². The van der Waals surface area contributed by atoms with Crippen molar-refractivity contribution in [2.45, 2.75) is 232 Å². The molecule has 123 heavy (non-hydrogen) atoms. The fraction of sp³-hybridized carbons (Fsp3) is 0.465. The molecule has 0 radical (unpaired) electrons. The zero-order chi connectivity index (χ0) is 93.7. The van der Waals surface area contributed by atoms with E-state index in [-0.39, 0.29) is 113 Å². The number of benzene rings is 7. The van der Waals surface area contributed by atoms with Crippen molar-refractivity contribution in [2.75, 3.05) is 45.7 Å².